The van der Waals surface area contributed by atoms with E-state index >= 15 is 0 Å². The van der Waals surface area contributed by atoms with Crippen LogP contribution in [-0.2, 0) is 0 Å². The molecule has 0 saturated carbocycles. The molecule has 0 amide bonds. The summed E-state index contributed by atoms with van der Waals surface area (Å²) in [6.45, 7) is 4.46. The first-order chi connectivity index (χ1) is 3.72. The third kappa shape index (κ3) is 1.89. The fourth-order valence-electron chi connectivity index (χ4n) is 0.250. The van der Waals surface area contributed by atoms with E-state index in [0.29, 0.717) is 5.57 Å². The van der Waals surface area contributed by atoms with Crippen molar-refractivity contribution < 1.29 is 9.50 Å². The molecule has 0 aromatic rings. The number of hydrogen-bond donors (Lipinski definition) is 1. The molecular weight excluding hydrogens is 107 g/mol. The minimum Gasteiger partial charge on any atom is -0.392 e. The van der Waals surface area contributed by atoms with Crippen molar-refractivity contribution in [3.05, 3.63) is 24.1 Å². The van der Waals surface area contributed by atoms with Crippen LogP contribution in [0.5, 0.6) is 0 Å². The minimum absolute atomic E-state index is 0.238. The van der Waals surface area contributed by atoms with E-state index in [9.17, 15) is 4.39 Å². The lowest BCUT2D eigenvalue weighted by Crippen LogP contribution is -1.85. The molecule has 0 fully saturated rings. The third-order valence-electron chi connectivity index (χ3n) is 0.824. The van der Waals surface area contributed by atoms with Gasteiger partial charge in [0.1, 0.15) is 5.83 Å². The second-order valence-electron chi connectivity index (χ2n) is 1.49. The van der Waals surface area contributed by atoms with Gasteiger partial charge in [0.2, 0.25) is 0 Å². The lowest BCUT2D eigenvalue weighted by Gasteiger charge is -1.91. The van der Waals surface area contributed by atoms with Gasteiger partial charge in [-0.05, 0) is 18.6 Å². The zero-order valence-electron chi connectivity index (χ0n) is 4.82. The van der Waals surface area contributed by atoms with Crippen molar-refractivity contribution in [3.63, 3.8) is 0 Å². The van der Waals surface area contributed by atoms with Crippen LogP contribution in [-0.4, -0.2) is 11.7 Å². The molecule has 2 heteroatoms. The lowest BCUT2D eigenvalue weighted by atomic mass is 10.3. The van der Waals surface area contributed by atoms with E-state index < -0.39 is 5.83 Å². The van der Waals surface area contributed by atoms with E-state index in [1.54, 1.807) is 0 Å². The summed E-state index contributed by atoms with van der Waals surface area (Å²) in [5.74, 6) is -0.437. The monoisotopic (exact) mass is 116 g/mol. The Kier molecular flexibility index (Phi) is 3.12. The Labute approximate surface area is 48.1 Å². The zero-order valence-corrected chi connectivity index (χ0v) is 4.82. The molecule has 0 aliphatic rings. The molecule has 0 aromatic carbocycles. The van der Waals surface area contributed by atoms with Gasteiger partial charge in [0.05, 0.1) is 6.61 Å². The van der Waals surface area contributed by atoms with E-state index in [-0.39, 0.29) is 6.61 Å². The second kappa shape index (κ2) is 3.38. The quantitative estimate of drug-likeness (QED) is 0.541. The first kappa shape index (κ1) is 7.37. The van der Waals surface area contributed by atoms with Crippen LogP contribution in [0, 0.1) is 0 Å². The number of rotatable bonds is 2. The average Bonchev–Trinajstić information content (AvgIpc) is 1.84. The zero-order chi connectivity index (χ0) is 6.57. The van der Waals surface area contributed by atoms with Crippen LogP contribution in [0.1, 0.15) is 6.92 Å². The van der Waals surface area contributed by atoms with Crippen molar-refractivity contribution in [2.75, 3.05) is 6.61 Å². The fourth-order valence-corrected chi connectivity index (χ4v) is 0.250. The number of aliphatic hydroxyl groups is 1. The molecule has 46 valence electrons. The highest BCUT2D eigenvalue weighted by molar-refractivity contribution is 5.15. The smallest absolute Gasteiger partial charge is 0.123 e. The highest BCUT2D eigenvalue weighted by atomic mass is 19.1. The van der Waals surface area contributed by atoms with Crippen molar-refractivity contribution in [1.29, 1.82) is 0 Å². The van der Waals surface area contributed by atoms with E-state index in [1.807, 2.05) is 0 Å². The molecule has 0 spiro atoms. The van der Waals surface area contributed by atoms with Gasteiger partial charge >= 0.3 is 0 Å². The molecule has 0 radical (unpaired) electrons. The van der Waals surface area contributed by atoms with Gasteiger partial charge in [-0.25, -0.2) is 4.39 Å². The van der Waals surface area contributed by atoms with E-state index in [4.69, 9.17) is 5.11 Å². The Morgan fingerprint density at radius 2 is 2.38 bits per heavy atom. The maximum Gasteiger partial charge on any atom is 0.123 e. The summed E-state index contributed by atoms with van der Waals surface area (Å²) >= 11 is 0. The number of hydrogen-bond acceptors (Lipinski definition) is 1. The molecule has 0 aliphatic heterocycles. The molecule has 0 bridgehead atoms. The topological polar surface area (TPSA) is 20.2 Å². The van der Waals surface area contributed by atoms with Crippen LogP contribution in [0.3, 0.4) is 0 Å². The van der Waals surface area contributed by atoms with Crippen molar-refractivity contribution >= 4 is 0 Å². The van der Waals surface area contributed by atoms with Gasteiger partial charge in [-0.15, -0.1) is 0 Å². The summed E-state index contributed by atoms with van der Waals surface area (Å²) in [5.41, 5.74) is 0.319. The molecule has 1 nitrogen and oxygen atoms in total. The number of allylic oxidation sites excluding steroid dienone is 2. The first-order valence-electron chi connectivity index (χ1n) is 2.31. The minimum atomic E-state index is -0.437. The molecule has 0 aliphatic carbocycles. The molecule has 8 heavy (non-hydrogen) atoms. The van der Waals surface area contributed by atoms with Crippen molar-refractivity contribution in [2.45, 2.75) is 6.92 Å². The maximum atomic E-state index is 12.1. The molecule has 1 N–H and O–H groups in total. The van der Waals surface area contributed by atoms with Crippen LogP contribution in [0.2, 0.25) is 0 Å². The van der Waals surface area contributed by atoms with Gasteiger partial charge in [-0.1, -0.05) is 6.58 Å². The van der Waals surface area contributed by atoms with E-state index in [1.165, 1.54) is 6.92 Å². The first-order valence-corrected chi connectivity index (χ1v) is 2.31. The molecule has 0 rings (SSSR count). The normalized spacial score (nSPS) is 12.9. The van der Waals surface area contributed by atoms with E-state index in [0.717, 1.165) is 6.08 Å². The van der Waals surface area contributed by atoms with Crippen LogP contribution in [0.25, 0.3) is 0 Å². The Hall–Kier alpha value is -0.630. The fraction of sp³-hybridized carbons (Fsp3) is 0.333. The summed E-state index contributed by atoms with van der Waals surface area (Å²) < 4.78 is 12.1. The van der Waals surface area contributed by atoms with Gasteiger partial charge in [0, 0.05) is 0 Å². The second-order valence-corrected chi connectivity index (χ2v) is 1.49. The molecule has 0 saturated heterocycles. The molecule has 0 unspecified atom stereocenters. The Morgan fingerprint density at radius 3 is 2.50 bits per heavy atom. The SMILES string of the molecule is C=CC(F)=C(C)CO. The standard InChI is InChI=1S/C6H9FO/c1-3-6(7)5(2)4-8/h3,8H,1,4H2,2H3. The lowest BCUT2D eigenvalue weighted by molar-refractivity contribution is 0.327. The van der Waals surface area contributed by atoms with Crippen LogP contribution in [0.15, 0.2) is 24.1 Å². The van der Waals surface area contributed by atoms with Gasteiger partial charge in [0.25, 0.3) is 0 Å². The molecule has 0 heterocycles. The Balaban J connectivity index is 4.03. The maximum absolute atomic E-state index is 12.1. The summed E-state index contributed by atoms with van der Waals surface area (Å²) in [6.07, 6.45) is 1.07. The van der Waals surface area contributed by atoms with Crippen molar-refractivity contribution in [3.8, 4) is 0 Å². The highest BCUT2D eigenvalue weighted by Gasteiger charge is 1.91. The van der Waals surface area contributed by atoms with Crippen LogP contribution in [0.4, 0.5) is 4.39 Å². The summed E-state index contributed by atoms with van der Waals surface area (Å²) in [6, 6.07) is 0. The predicted octanol–water partition coefficient (Wildman–Crippen LogP) is 1.41. The molecular formula is C6H9FO. The summed E-state index contributed by atoms with van der Waals surface area (Å²) in [7, 11) is 0. The third-order valence-corrected chi connectivity index (χ3v) is 0.824. The summed E-state index contributed by atoms with van der Waals surface area (Å²) in [4.78, 5) is 0. The van der Waals surface area contributed by atoms with Crippen LogP contribution < -0.4 is 0 Å². The van der Waals surface area contributed by atoms with Crippen LogP contribution >= 0.6 is 0 Å². The number of aliphatic hydroxyl groups excluding tert-OH is 1. The number of halogens is 1. The van der Waals surface area contributed by atoms with Gasteiger partial charge < -0.3 is 5.11 Å². The summed E-state index contributed by atoms with van der Waals surface area (Å²) in [5, 5.41) is 8.29. The van der Waals surface area contributed by atoms with Crippen molar-refractivity contribution in [2.24, 2.45) is 0 Å². The van der Waals surface area contributed by atoms with Gasteiger partial charge in [-0.3, -0.25) is 0 Å². The highest BCUT2D eigenvalue weighted by Crippen LogP contribution is 2.03. The molecule has 0 atom stereocenters. The van der Waals surface area contributed by atoms with Gasteiger partial charge in [0.15, 0.2) is 0 Å². The predicted molar refractivity (Wildman–Crippen MR) is 31.1 cm³/mol. The van der Waals surface area contributed by atoms with Crippen molar-refractivity contribution in [1.82, 2.24) is 0 Å². The average molecular weight is 116 g/mol. The largest absolute Gasteiger partial charge is 0.392 e. The van der Waals surface area contributed by atoms with E-state index in [2.05, 4.69) is 6.58 Å². The molecule has 0 aromatic heterocycles. The Bertz CT molecular complexity index is 116. The van der Waals surface area contributed by atoms with Gasteiger partial charge in [-0.2, -0.15) is 0 Å². The Morgan fingerprint density at radius 1 is 1.88 bits per heavy atom.